The van der Waals surface area contributed by atoms with Crippen molar-refractivity contribution < 1.29 is 9.26 Å². The molecule has 23 heavy (non-hydrogen) atoms. The predicted molar refractivity (Wildman–Crippen MR) is 88.5 cm³/mol. The van der Waals surface area contributed by atoms with Gasteiger partial charge in [-0.3, -0.25) is 0 Å². The maximum absolute atomic E-state index is 5.69. The van der Waals surface area contributed by atoms with Crippen molar-refractivity contribution >= 4 is 0 Å². The van der Waals surface area contributed by atoms with Gasteiger partial charge < -0.3 is 14.6 Å². The lowest BCUT2D eigenvalue weighted by Crippen LogP contribution is -2.35. The van der Waals surface area contributed by atoms with Crippen molar-refractivity contribution in [3.05, 3.63) is 47.1 Å². The van der Waals surface area contributed by atoms with Crippen LogP contribution in [0.2, 0.25) is 0 Å². The molecular weight excluding hydrogens is 290 g/mol. The fourth-order valence-corrected chi connectivity index (χ4v) is 3.13. The average molecular weight is 315 g/mol. The van der Waals surface area contributed by atoms with Crippen LogP contribution in [0, 0.1) is 6.92 Å². The minimum atomic E-state index is -0.222. The van der Waals surface area contributed by atoms with Crippen LogP contribution in [0.25, 0.3) is 0 Å². The second-order valence-corrected chi connectivity index (χ2v) is 6.47. The number of rotatable bonds is 5. The van der Waals surface area contributed by atoms with Gasteiger partial charge in [-0.2, -0.15) is 4.98 Å². The first kappa shape index (κ1) is 16.1. The Morgan fingerprint density at radius 3 is 2.57 bits per heavy atom. The van der Waals surface area contributed by atoms with Gasteiger partial charge in [-0.05, 0) is 39.3 Å². The highest BCUT2D eigenvalue weighted by molar-refractivity contribution is 5.34. The standard InChI is InChI=1S/C18H25N3O2/c1-13-4-6-15(7-5-13)18(8-10-22-11-9-18)17-20-16(21-23-17)12-14(2)19-3/h4-7,14,19H,8-12H2,1-3H3. The van der Waals surface area contributed by atoms with Crippen molar-refractivity contribution in [2.75, 3.05) is 20.3 Å². The average Bonchev–Trinajstić information content (AvgIpc) is 3.05. The molecule has 0 saturated carbocycles. The van der Waals surface area contributed by atoms with Crippen LogP contribution in [0.5, 0.6) is 0 Å². The molecule has 1 atom stereocenters. The minimum Gasteiger partial charge on any atom is -0.381 e. The summed E-state index contributed by atoms with van der Waals surface area (Å²) in [6, 6.07) is 8.98. The normalized spacial score (nSPS) is 18.7. The molecule has 5 nitrogen and oxygen atoms in total. The Hall–Kier alpha value is -1.72. The zero-order valence-corrected chi connectivity index (χ0v) is 14.1. The first-order valence-corrected chi connectivity index (χ1v) is 8.29. The van der Waals surface area contributed by atoms with Crippen molar-refractivity contribution in [1.82, 2.24) is 15.5 Å². The Morgan fingerprint density at radius 1 is 1.22 bits per heavy atom. The van der Waals surface area contributed by atoms with E-state index in [0.717, 1.165) is 44.2 Å². The maximum atomic E-state index is 5.69. The van der Waals surface area contributed by atoms with Crippen molar-refractivity contribution in [2.24, 2.45) is 0 Å². The van der Waals surface area contributed by atoms with Gasteiger partial charge in [-0.25, -0.2) is 0 Å². The third-order valence-electron chi connectivity index (χ3n) is 4.81. The van der Waals surface area contributed by atoms with Gasteiger partial charge in [-0.15, -0.1) is 0 Å². The SMILES string of the molecule is CNC(C)Cc1noc(C2(c3ccc(C)cc3)CCOCC2)n1. The molecule has 0 aliphatic carbocycles. The third-order valence-corrected chi connectivity index (χ3v) is 4.81. The number of ether oxygens (including phenoxy) is 1. The van der Waals surface area contributed by atoms with Gasteiger partial charge in [0.2, 0.25) is 5.89 Å². The van der Waals surface area contributed by atoms with Crippen LogP contribution in [0.1, 0.15) is 42.6 Å². The summed E-state index contributed by atoms with van der Waals surface area (Å²) in [5.74, 6) is 1.49. The summed E-state index contributed by atoms with van der Waals surface area (Å²) in [4.78, 5) is 4.72. The minimum absolute atomic E-state index is 0.222. The van der Waals surface area contributed by atoms with E-state index in [-0.39, 0.29) is 5.41 Å². The summed E-state index contributed by atoms with van der Waals surface area (Å²) in [6.07, 6.45) is 2.51. The second-order valence-electron chi connectivity index (χ2n) is 6.47. The third kappa shape index (κ3) is 3.31. The number of benzene rings is 1. The fraction of sp³-hybridized carbons (Fsp3) is 0.556. The highest BCUT2D eigenvalue weighted by atomic mass is 16.5. The quantitative estimate of drug-likeness (QED) is 0.919. The van der Waals surface area contributed by atoms with Gasteiger partial charge in [0, 0.05) is 25.7 Å². The van der Waals surface area contributed by atoms with E-state index in [0.29, 0.717) is 6.04 Å². The summed E-state index contributed by atoms with van der Waals surface area (Å²) >= 11 is 0. The highest BCUT2D eigenvalue weighted by Crippen LogP contribution is 2.40. The number of aromatic nitrogens is 2. The lowest BCUT2D eigenvalue weighted by atomic mass is 9.74. The summed E-state index contributed by atoms with van der Waals surface area (Å²) in [6.45, 7) is 5.65. The smallest absolute Gasteiger partial charge is 0.237 e. The monoisotopic (exact) mass is 315 g/mol. The van der Waals surface area contributed by atoms with Crippen molar-refractivity contribution in [3.8, 4) is 0 Å². The predicted octanol–water partition coefficient (Wildman–Crippen LogP) is 2.62. The molecular formula is C18H25N3O2. The van der Waals surface area contributed by atoms with Crippen molar-refractivity contribution in [2.45, 2.75) is 44.6 Å². The molecule has 1 fully saturated rings. The van der Waals surface area contributed by atoms with Gasteiger partial charge >= 0.3 is 0 Å². The van der Waals surface area contributed by atoms with Crippen LogP contribution >= 0.6 is 0 Å². The van der Waals surface area contributed by atoms with E-state index in [9.17, 15) is 0 Å². The topological polar surface area (TPSA) is 60.2 Å². The van der Waals surface area contributed by atoms with Gasteiger partial charge in [0.25, 0.3) is 0 Å². The zero-order valence-electron chi connectivity index (χ0n) is 14.1. The van der Waals surface area contributed by atoms with Gasteiger partial charge in [-0.1, -0.05) is 35.0 Å². The van der Waals surface area contributed by atoms with Gasteiger partial charge in [0.1, 0.15) is 0 Å². The largest absolute Gasteiger partial charge is 0.381 e. The maximum Gasteiger partial charge on any atom is 0.237 e. The van der Waals surface area contributed by atoms with E-state index >= 15 is 0 Å². The summed E-state index contributed by atoms with van der Waals surface area (Å²) in [7, 11) is 1.94. The van der Waals surface area contributed by atoms with Gasteiger partial charge in [0.15, 0.2) is 5.82 Å². The van der Waals surface area contributed by atoms with E-state index < -0.39 is 0 Å². The molecule has 1 unspecified atom stereocenters. The van der Waals surface area contributed by atoms with Crippen LogP contribution in [-0.2, 0) is 16.6 Å². The Morgan fingerprint density at radius 2 is 1.91 bits per heavy atom. The lowest BCUT2D eigenvalue weighted by Gasteiger charge is -2.34. The Balaban J connectivity index is 1.94. The van der Waals surface area contributed by atoms with Gasteiger partial charge in [0.05, 0.1) is 5.41 Å². The lowest BCUT2D eigenvalue weighted by molar-refractivity contribution is 0.0523. The number of nitrogens with zero attached hydrogens (tertiary/aromatic N) is 2. The van der Waals surface area contributed by atoms with E-state index in [1.807, 2.05) is 7.05 Å². The van der Waals surface area contributed by atoms with E-state index in [4.69, 9.17) is 14.2 Å². The second kappa shape index (κ2) is 6.81. The van der Waals surface area contributed by atoms with Crippen LogP contribution in [-0.4, -0.2) is 36.4 Å². The molecule has 2 heterocycles. The molecule has 5 heteroatoms. The molecule has 1 aromatic heterocycles. The van der Waals surface area contributed by atoms with Crippen molar-refractivity contribution in [1.29, 1.82) is 0 Å². The molecule has 1 N–H and O–H groups in total. The Kier molecular flexibility index (Phi) is 4.78. The Labute approximate surface area is 137 Å². The molecule has 0 radical (unpaired) electrons. The first-order valence-electron chi connectivity index (χ1n) is 8.29. The number of likely N-dealkylation sites (N-methyl/N-ethyl adjacent to an activating group) is 1. The molecule has 1 aromatic carbocycles. The number of nitrogens with one attached hydrogen (secondary N) is 1. The van der Waals surface area contributed by atoms with Crippen LogP contribution in [0.3, 0.4) is 0 Å². The van der Waals surface area contributed by atoms with E-state index in [2.05, 4.69) is 48.6 Å². The molecule has 3 rings (SSSR count). The summed E-state index contributed by atoms with van der Waals surface area (Å²) in [5.41, 5.74) is 2.27. The molecule has 0 bridgehead atoms. The molecule has 2 aromatic rings. The van der Waals surface area contributed by atoms with Crippen LogP contribution in [0.4, 0.5) is 0 Å². The molecule has 1 aliphatic rings. The van der Waals surface area contributed by atoms with Crippen LogP contribution in [0.15, 0.2) is 28.8 Å². The molecule has 1 saturated heterocycles. The molecule has 1 aliphatic heterocycles. The number of hydrogen-bond acceptors (Lipinski definition) is 5. The molecule has 124 valence electrons. The molecule has 0 spiro atoms. The van der Waals surface area contributed by atoms with E-state index in [1.165, 1.54) is 11.1 Å². The highest BCUT2D eigenvalue weighted by Gasteiger charge is 2.41. The fourth-order valence-electron chi connectivity index (χ4n) is 3.13. The zero-order chi connectivity index (χ0) is 16.3. The van der Waals surface area contributed by atoms with Crippen molar-refractivity contribution in [3.63, 3.8) is 0 Å². The van der Waals surface area contributed by atoms with Crippen LogP contribution < -0.4 is 5.32 Å². The van der Waals surface area contributed by atoms with E-state index in [1.54, 1.807) is 0 Å². The molecule has 0 amide bonds. The summed E-state index contributed by atoms with van der Waals surface area (Å²) < 4.78 is 11.3. The number of hydrogen-bond donors (Lipinski definition) is 1. The first-order chi connectivity index (χ1) is 11.1. The number of aryl methyl sites for hydroxylation is 1. The summed E-state index contributed by atoms with van der Waals surface area (Å²) in [5, 5.41) is 7.41. The Bertz CT molecular complexity index is 630.